The zero-order valence-corrected chi connectivity index (χ0v) is 11.7. The third kappa shape index (κ3) is 2.06. The van der Waals surface area contributed by atoms with Gasteiger partial charge in [0.25, 0.3) is 0 Å². The lowest BCUT2D eigenvalue weighted by Gasteiger charge is -2.13. The van der Waals surface area contributed by atoms with Gasteiger partial charge < -0.3 is 10.5 Å². The maximum absolute atomic E-state index is 6.29. The largest absolute Gasteiger partial charge is 0.496 e. The van der Waals surface area contributed by atoms with Crippen LogP contribution < -0.4 is 10.5 Å². The first kappa shape index (κ1) is 12.8. The number of hydrogen-bond acceptors (Lipinski definition) is 3. The molecule has 0 aliphatic carbocycles. The van der Waals surface area contributed by atoms with Crippen LogP contribution in [0.4, 0.5) is 5.69 Å². The topological polar surface area (TPSA) is 48.1 Å². The standard InChI is InChI=1S/C16H13ClN2O/c1-20-15-8-10-5-6-19-9-11(10)7-12(15)16-13(17)3-2-4-14(16)18/h2-9H,18H2,1H3. The molecule has 2 aromatic carbocycles. The van der Waals surface area contributed by atoms with Gasteiger partial charge >= 0.3 is 0 Å². The number of hydrogen-bond donors (Lipinski definition) is 1. The van der Waals surface area contributed by atoms with Gasteiger partial charge in [-0.15, -0.1) is 0 Å². The molecule has 3 rings (SSSR count). The third-order valence-electron chi connectivity index (χ3n) is 3.27. The smallest absolute Gasteiger partial charge is 0.127 e. The highest BCUT2D eigenvalue weighted by Crippen LogP contribution is 2.40. The molecular formula is C16H13ClN2O. The van der Waals surface area contributed by atoms with E-state index >= 15 is 0 Å². The van der Waals surface area contributed by atoms with Gasteiger partial charge in [0.15, 0.2) is 0 Å². The maximum atomic E-state index is 6.29. The number of nitrogen functional groups attached to an aromatic ring is 1. The predicted octanol–water partition coefficient (Wildman–Crippen LogP) is 4.15. The number of rotatable bonds is 2. The van der Waals surface area contributed by atoms with Gasteiger partial charge in [-0.05, 0) is 35.7 Å². The van der Waals surface area contributed by atoms with E-state index in [0.717, 1.165) is 27.6 Å². The zero-order chi connectivity index (χ0) is 14.1. The summed E-state index contributed by atoms with van der Waals surface area (Å²) < 4.78 is 5.48. The van der Waals surface area contributed by atoms with Crippen LogP contribution in [0.25, 0.3) is 21.9 Å². The number of halogens is 1. The molecule has 0 radical (unpaired) electrons. The normalized spacial score (nSPS) is 10.7. The first-order chi connectivity index (χ1) is 9.70. The van der Waals surface area contributed by atoms with Crippen molar-refractivity contribution in [3.8, 4) is 16.9 Å². The van der Waals surface area contributed by atoms with Crippen LogP contribution in [0.2, 0.25) is 5.02 Å². The summed E-state index contributed by atoms with van der Waals surface area (Å²) in [4.78, 5) is 4.14. The summed E-state index contributed by atoms with van der Waals surface area (Å²) in [5.41, 5.74) is 8.35. The minimum absolute atomic E-state index is 0.603. The molecule has 0 amide bonds. The van der Waals surface area contributed by atoms with Crippen molar-refractivity contribution in [2.24, 2.45) is 0 Å². The van der Waals surface area contributed by atoms with Crippen LogP contribution in [-0.4, -0.2) is 12.1 Å². The number of pyridine rings is 1. The zero-order valence-electron chi connectivity index (χ0n) is 10.9. The molecule has 100 valence electrons. The Balaban J connectivity index is 2.35. The third-order valence-corrected chi connectivity index (χ3v) is 3.59. The van der Waals surface area contributed by atoms with Gasteiger partial charge in [-0.2, -0.15) is 0 Å². The Kier molecular flexibility index (Phi) is 3.20. The second-order valence-electron chi connectivity index (χ2n) is 4.48. The number of aromatic nitrogens is 1. The molecule has 0 saturated heterocycles. The van der Waals surface area contributed by atoms with Crippen LogP contribution >= 0.6 is 11.6 Å². The van der Waals surface area contributed by atoms with Gasteiger partial charge in [0.2, 0.25) is 0 Å². The summed E-state index contributed by atoms with van der Waals surface area (Å²) in [6, 6.07) is 11.4. The molecule has 0 unspecified atom stereocenters. The number of methoxy groups -OCH3 is 1. The molecule has 2 N–H and O–H groups in total. The first-order valence-electron chi connectivity index (χ1n) is 6.17. The number of nitrogens with two attached hydrogens (primary N) is 1. The minimum Gasteiger partial charge on any atom is -0.496 e. The molecule has 3 nitrogen and oxygen atoms in total. The van der Waals surface area contributed by atoms with E-state index in [1.165, 1.54) is 0 Å². The van der Waals surface area contributed by atoms with Crippen molar-refractivity contribution in [3.05, 3.63) is 53.8 Å². The Morgan fingerprint density at radius 1 is 1.15 bits per heavy atom. The summed E-state index contributed by atoms with van der Waals surface area (Å²) in [7, 11) is 1.64. The molecular weight excluding hydrogens is 272 g/mol. The van der Waals surface area contributed by atoms with E-state index in [1.807, 2.05) is 42.6 Å². The Hall–Kier alpha value is -2.26. The van der Waals surface area contributed by atoms with E-state index in [2.05, 4.69) is 4.98 Å². The molecule has 0 aliphatic rings. The molecule has 0 spiro atoms. The number of nitrogens with zero attached hydrogens (tertiary/aromatic N) is 1. The lowest BCUT2D eigenvalue weighted by molar-refractivity contribution is 0.417. The van der Waals surface area contributed by atoms with Gasteiger partial charge in [0, 0.05) is 34.6 Å². The fraction of sp³-hybridized carbons (Fsp3) is 0.0625. The lowest BCUT2D eigenvalue weighted by Crippen LogP contribution is -1.94. The van der Waals surface area contributed by atoms with E-state index in [0.29, 0.717) is 10.7 Å². The summed E-state index contributed by atoms with van der Waals surface area (Å²) in [6.45, 7) is 0. The molecule has 0 fully saturated rings. The van der Waals surface area contributed by atoms with Gasteiger partial charge in [-0.3, -0.25) is 4.98 Å². The quantitative estimate of drug-likeness (QED) is 0.719. The molecule has 0 bridgehead atoms. The monoisotopic (exact) mass is 284 g/mol. The fourth-order valence-corrected chi connectivity index (χ4v) is 2.59. The van der Waals surface area contributed by atoms with Gasteiger partial charge in [-0.25, -0.2) is 0 Å². The van der Waals surface area contributed by atoms with Crippen LogP contribution in [-0.2, 0) is 0 Å². The highest BCUT2D eigenvalue weighted by atomic mass is 35.5. The number of fused-ring (bicyclic) bond motifs is 1. The average Bonchev–Trinajstić information content (AvgIpc) is 2.46. The van der Waals surface area contributed by atoms with Crippen LogP contribution in [0.1, 0.15) is 0 Å². The van der Waals surface area contributed by atoms with Crippen LogP contribution in [0.5, 0.6) is 5.75 Å². The van der Waals surface area contributed by atoms with Crippen LogP contribution in [0, 0.1) is 0 Å². The van der Waals surface area contributed by atoms with Gasteiger partial charge in [-0.1, -0.05) is 17.7 Å². The first-order valence-corrected chi connectivity index (χ1v) is 6.54. The van der Waals surface area contributed by atoms with Crippen LogP contribution in [0.15, 0.2) is 48.8 Å². The maximum Gasteiger partial charge on any atom is 0.127 e. The Bertz CT molecular complexity index is 766. The Morgan fingerprint density at radius 3 is 2.75 bits per heavy atom. The second kappa shape index (κ2) is 5.02. The average molecular weight is 285 g/mol. The molecule has 20 heavy (non-hydrogen) atoms. The molecule has 1 aromatic heterocycles. The molecule has 3 aromatic rings. The fourth-order valence-electron chi connectivity index (χ4n) is 2.30. The van der Waals surface area contributed by atoms with E-state index in [4.69, 9.17) is 22.1 Å². The number of ether oxygens (including phenoxy) is 1. The molecule has 0 atom stereocenters. The van der Waals surface area contributed by atoms with Crippen molar-refractivity contribution in [2.75, 3.05) is 12.8 Å². The van der Waals surface area contributed by atoms with E-state index in [1.54, 1.807) is 13.3 Å². The van der Waals surface area contributed by atoms with Crippen LogP contribution in [0.3, 0.4) is 0 Å². The summed E-state index contributed by atoms with van der Waals surface area (Å²) >= 11 is 6.29. The van der Waals surface area contributed by atoms with Gasteiger partial charge in [0.05, 0.1) is 12.1 Å². The van der Waals surface area contributed by atoms with Crippen molar-refractivity contribution < 1.29 is 4.74 Å². The summed E-state index contributed by atoms with van der Waals surface area (Å²) in [5, 5.41) is 2.68. The van der Waals surface area contributed by atoms with Crippen molar-refractivity contribution in [3.63, 3.8) is 0 Å². The Morgan fingerprint density at radius 2 is 2.00 bits per heavy atom. The van der Waals surface area contributed by atoms with Crippen molar-refractivity contribution in [1.82, 2.24) is 4.98 Å². The van der Waals surface area contributed by atoms with E-state index in [-0.39, 0.29) is 0 Å². The molecule has 0 saturated carbocycles. The van der Waals surface area contributed by atoms with Crippen molar-refractivity contribution in [2.45, 2.75) is 0 Å². The highest BCUT2D eigenvalue weighted by Gasteiger charge is 2.13. The minimum atomic E-state index is 0.603. The van der Waals surface area contributed by atoms with Crippen molar-refractivity contribution >= 4 is 28.1 Å². The van der Waals surface area contributed by atoms with Crippen molar-refractivity contribution in [1.29, 1.82) is 0 Å². The molecule has 1 heterocycles. The number of anilines is 1. The Labute approximate surface area is 122 Å². The number of benzene rings is 2. The van der Waals surface area contributed by atoms with E-state index in [9.17, 15) is 0 Å². The highest BCUT2D eigenvalue weighted by molar-refractivity contribution is 6.34. The summed E-state index contributed by atoms with van der Waals surface area (Å²) in [5.74, 6) is 0.739. The summed E-state index contributed by atoms with van der Waals surface area (Å²) in [6.07, 6.45) is 3.57. The SMILES string of the molecule is COc1cc2ccncc2cc1-c1c(N)cccc1Cl. The molecule has 0 aliphatic heterocycles. The lowest BCUT2D eigenvalue weighted by atomic mass is 9.99. The molecule has 4 heteroatoms. The second-order valence-corrected chi connectivity index (χ2v) is 4.89. The van der Waals surface area contributed by atoms with Gasteiger partial charge in [0.1, 0.15) is 5.75 Å². The predicted molar refractivity (Wildman–Crippen MR) is 83.2 cm³/mol. The van der Waals surface area contributed by atoms with E-state index < -0.39 is 0 Å².